The third kappa shape index (κ3) is 3.97. The SMILES string of the molecule is OCc1ncnc(OCCOc2ncc(Br)cn2)c1-c1ccc2c(c1)OCO2. The van der Waals surface area contributed by atoms with E-state index in [-0.39, 0.29) is 32.6 Å². The molecule has 3 heterocycles. The van der Waals surface area contributed by atoms with Gasteiger partial charge in [-0.05, 0) is 33.6 Å². The second-order valence-electron chi connectivity index (χ2n) is 5.61. The summed E-state index contributed by atoms with van der Waals surface area (Å²) in [6, 6.07) is 5.69. The van der Waals surface area contributed by atoms with E-state index in [1.165, 1.54) is 6.33 Å². The fourth-order valence-electron chi connectivity index (χ4n) is 2.62. The molecule has 0 saturated carbocycles. The number of aliphatic hydroxyl groups is 1. The Morgan fingerprint density at radius 2 is 1.79 bits per heavy atom. The summed E-state index contributed by atoms with van der Waals surface area (Å²) < 4.78 is 22.8. The van der Waals surface area contributed by atoms with Crippen molar-refractivity contribution in [1.29, 1.82) is 0 Å². The Hall–Kier alpha value is -2.98. The molecule has 1 aromatic carbocycles. The summed E-state index contributed by atoms with van der Waals surface area (Å²) in [6.07, 6.45) is 4.54. The monoisotopic (exact) mass is 446 g/mol. The van der Waals surface area contributed by atoms with E-state index in [9.17, 15) is 5.11 Å². The summed E-state index contributed by atoms with van der Waals surface area (Å²) in [4.78, 5) is 16.4. The lowest BCUT2D eigenvalue weighted by Crippen LogP contribution is -2.12. The number of aromatic nitrogens is 4. The highest BCUT2D eigenvalue weighted by molar-refractivity contribution is 9.10. The van der Waals surface area contributed by atoms with E-state index in [0.29, 0.717) is 28.6 Å². The number of nitrogens with zero attached hydrogens (tertiary/aromatic N) is 4. The molecule has 0 aliphatic carbocycles. The van der Waals surface area contributed by atoms with Crippen molar-refractivity contribution in [3.63, 3.8) is 0 Å². The number of aliphatic hydroxyl groups excluding tert-OH is 1. The molecule has 0 amide bonds. The zero-order chi connectivity index (χ0) is 19.3. The topological polar surface area (TPSA) is 109 Å². The van der Waals surface area contributed by atoms with E-state index < -0.39 is 0 Å². The Kier molecular flexibility index (Phi) is 5.49. The van der Waals surface area contributed by atoms with E-state index in [1.807, 2.05) is 6.07 Å². The quantitative estimate of drug-likeness (QED) is 0.546. The molecule has 0 spiro atoms. The molecular weight excluding hydrogens is 432 g/mol. The van der Waals surface area contributed by atoms with Gasteiger partial charge in [-0.3, -0.25) is 0 Å². The fraction of sp³-hybridized carbons (Fsp3) is 0.222. The smallest absolute Gasteiger partial charge is 0.316 e. The van der Waals surface area contributed by atoms with E-state index in [1.54, 1.807) is 24.5 Å². The van der Waals surface area contributed by atoms with Crippen molar-refractivity contribution < 1.29 is 24.1 Å². The number of fused-ring (bicyclic) bond motifs is 1. The van der Waals surface area contributed by atoms with Gasteiger partial charge in [0.25, 0.3) is 0 Å². The number of rotatable bonds is 7. The van der Waals surface area contributed by atoms with Crippen LogP contribution in [0.3, 0.4) is 0 Å². The zero-order valence-corrected chi connectivity index (χ0v) is 16.1. The molecule has 0 radical (unpaired) electrons. The van der Waals surface area contributed by atoms with Crippen molar-refractivity contribution in [3.05, 3.63) is 47.1 Å². The van der Waals surface area contributed by atoms with Crippen molar-refractivity contribution in [3.8, 4) is 34.5 Å². The second-order valence-corrected chi connectivity index (χ2v) is 6.52. The van der Waals surface area contributed by atoms with Gasteiger partial charge in [0.05, 0.1) is 22.3 Å². The van der Waals surface area contributed by atoms with Crippen LogP contribution < -0.4 is 18.9 Å². The van der Waals surface area contributed by atoms with E-state index >= 15 is 0 Å². The normalized spacial score (nSPS) is 12.1. The Morgan fingerprint density at radius 1 is 1.00 bits per heavy atom. The molecule has 9 nitrogen and oxygen atoms in total. The van der Waals surface area contributed by atoms with Gasteiger partial charge in [-0.1, -0.05) is 6.07 Å². The highest BCUT2D eigenvalue weighted by Gasteiger charge is 2.19. The molecule has 0 atom stereocenters. The average molecular weight is 447 g/mol. The van der Waals surface area contributed by atoms with Crippen LogP contribution in [0.1, 0.15) is 5.69 Å². The Bertz CT molecular complexity index is 971. The second kappa shape index (κ2) is 8.36. The van der Waals surface area contributed by atoms with Gasteiger partial charge in [0.1, 0.15) is 19.5 Å². The van der Waals surface area contributed by atoms with Crippen LogP contribution in [0.2, 0.25) is 0 Å². The summed E-state index contributed by atoms with van der Waals surface area (Å²) in [7, 11) is 0. The first kappa shape index (κ1) is 18.4. The van der Waals surface area contributed by atoms with Crippen molar-refractivity contribution in [2.75, 3.05) is 20.0 Å². The van der Waals surface area contributed by atoms with Crippen molar-refractivity contribution in [1.82, 2.24) is 19.9 Å². The van der Waals surface area contributed by atoms with Gasteiger partial charge in [-0.15, -0.1) is 0 Å². The van der Waals surface area contributed by atoms with Gasteiger partial charge in [-0.2, -0.15) is 0 Å². The molecule has 1 aliphatic rings. The van der Waals surface area contributed by atoms with E-state index in [4.69, 9.17) is 18.9 Å². The van der Waals surface area contributed by atoms with Crippen LogP contribution in [0.5, 0.6) is 23.4 Å². The van der Waals surface area contributed by atoms with Crippen LogP contribution in [0.15, 0.2) is 41.4 Å². The molecule has 0 saturated heterocycles. The predicted molar refractivity (Wildman–Crippen MR) is 100 cm³/mol. The first-order valence-electron chi connectivity index (χ1n) is 8.32. The summed E-state index contributed by atoms with van der Waals surface area (Å²) in [5, 5.41) is 9.69. The van der Waals surface area contributed by atoms with Crippen LogP contribution in [0.25, 0.3) is 11.1 Å². The highest BCUT2D eigenvalue weighted by Crippen LogP contribution is 2.39. The van der Waals surface area contributed by atoms with Gasteiger partial charge in [-0.25, -0.2) is 19.9 Å². The number of ether oxygens (including phenoxy) is 4. The third-order valence-corrected chi connectivity index (χ3v) is 4.26. The lowest BCUT2D eigenvalue weighted by atomic mass is 10.0. The molecule has 144 valence electrons. The first-order chi connectivity index (χ1) is 13.7. The Balaban J connectivity index is 1.50. The molecule has 4 rings (SSSR count). The van der Waals surface area contributed by atoms with Gasteiger partial charge < -0.3 is 24.1 Å². The van der Waals surface area contributed by atoms with Gasteiger partial charge in [0, 0.05) is 12.4 Å². The average Bonchev–Trinajstić information content (AvgIpc) is 3.20. The van der Waals surface area contributed by atoms with Gasteiger partial charge in [0.15, 0.2) is 11.5 Å². The van der Waals surface area contributed by atoms with Crippen LogP contribution >= 0.6 is 15.9 Å². The number of hydrogen-bond acceptors (Lipinski definition) is 9. The number of benzene rings is 1. The van der Waals surface area contributed by atoms with Crippen molar-refractivity contribution in [2.45, 2.75) is 6.61 Å². The molecule has 1 aliphatic heterocycles. The minimum Gasteiger partial charge on any atom is -0.474 e. The molecule has 2 aromatic heterocycles. The largest absolute Gasteiger partial charge is 0.474 e. The fourth-order valence-corrected chi connectivity index (χ4v) is 2.83. The summed E-state index contributed by atoms with van der Waals surface area (Å²) >= 11 is 3.26. The highest BCUT2D eigenvalue weighted by atomic mass is 79.9. The van der Waals surface area contributed by atoms with Gasteiger partial charge >= 0.3 is 6.01 Å². The summed E-state index contributed by atoms with van der Waals surface area (Å²) in [5.74, 6) is 1.61. The Morgan fingerprint density at radius 3 is 2.61 bits per heavy atom. The molecule has 28 heavy (non-hydrogen) atoms. The molecule has 0 unspecified atom stereocenters. The molecule has 0 fully saturated rings. The van der Waals surface area contributed by atoms with Gasteiger partial charge in [0.2, 0.25) is 12.7 Å². The summed E-state index contributed by atoms with van der Waals surface area (Å²) in [5.41, 5.74) is 1.78. The molecule has 1 N–H and O–H groups in total. The molecular formula is C18H15BrN4O5. The van der Waals surface area contributed by atoms with Crippen molar-refractivity contribution in [2.24, 2.45) is 0 Å². The zero-order valence-electron chi connectivity index (χ0n) is 14.5. The number of halogens is 1. The number of hydrogen-bond donors (Lipinski definition) is 1. The molecule has 10 heteroatoms. The lowest BCUT2D eigenvalue weighted by molar-refractivity contribution is 0.174. The van der Waals surface area contributed by atoms with Crippen LogP contribution in [-0.2, 0) is 6.61 Å². The summed E-state index contributed by atoms with van der Waals surface area (Å²) in [6.45, 7) is 0.348. The minimum absolute atomic E-state index is 0.176. The maximum absolute atomic E-state index is 9.69. The van der Waals surface area contributed by atoms with Crippen LogP contribution in [0, 0.1) is 0 Å². The lowest BCUT2D eigenvalue weighted by Gasteiger charge is -2.13. The van der Waals surface area contributed by atoms with E-state index in [2.05, 4.69) is 35.9 Å². The Labute approximate surface area is 168 Å². The predicted octanol–water partition coefficient (Wildman–Crippen LogP) is 2.37. The van der Waals surface area contributed by atoms with Crippen molar-refractivity contribution >= 4 is 15.9 Å². The molecule has 0 bridgehead atoms. The first-order valence-corrected chi connectivity index (χ1v) is 9.12. The van der Waals surface area contributed by atoms with Crippen LogP contribution in [-0.4, -0.2) is 45.0 Å². The molecule has 3 aromatic rings. The third-order valence-electron chi connectivity index (χ3n) is 3.85. The standard InChI is InChI=1S/C18H15BrN4O5/c19-12-6-20-18(21-7-12)26-4-3-25-17-16(13(8-24)22-9-23-17)11-1-2-14-15(5-11)28-10-27-14/h1-2,5-7,9,24H,3-4,8,10H2. The maximum Gasteiger partial charge on any atom is 0.316 e. The maximum atomic E-state index is 9.69. The minimum atomic E-state index is -0.258. The van der Waals surface area contributed by atoms with E-state index in [0.717, 1.165) is 10.0 Å². The van der Waals surface area contributed by atoms with Crippen LogP contribution in [0.4, 0.5) is 0 Å².